The molecular weight excluding hydrogens is 302 g/mol. The van der Waals surface area contributed by atoms with Crippen LogP contribution < -0.4 is 10.6 Å². The Morgan fingerprint density at radius 1 is 1.45 bits per heavy atom. The number of hydrogen-bond acceptors (Lipinski definition) is 5. The highest BCUT2D eigenvalue weighted by molar-refractivity contribution is 7.99. The number of hydrogen-bond donors (Lipinski definition) is 3. The van der Waals surface area contributed by atoms with Crippen molar-refractivity contribution in [3.63, 3.8) is 0 Å². The summed E-state index contributed by atoms with van der Waals surface area (Å²) in [4.78, 5) is 27.5. The molecule has 0 saturated heterocycles. The van der Waals surface area contributed by atoms with E-state index in [1.54, 1.807) is 0 Å². The summed E-state index contributed by atoms with van der Waals surface area (Å²) in [7, 11) is 0. The van der Waals surface area contributed by atoms with Gasteiger partial charge in [0.05, 0.1) is 5.75 Å². The molecule has 0 aliphatic heterocycles. The Kier molecular flexibility index (Phi) is 4.66. The van der Waals surface area contributed by atoms with E-state index < -0.39 is 6.03 Å². The van der Waals surface area contributed by atoms with E-state index in [1.807, 2.05) is 6.92 Å². The number of fused-ring (bicyclic) bond motifs is 2. The van der Waals surface area contributed by atoms with Crippen molar-refractivity contribution in [3.05, 3.63) is 6.33 Å². The second kappa shape index (κ2) is 6.68. The Labute approximate surface area is 133 Å². The van der Waals surface area contributed by atoms with Gasteiger partial charge in [0.25, 0.3) is 0 Å². The van der Waals surface area contributed by atoms with E-state index in [2.05, 4.69) is 25.8 Å². The van der Waals surface area contributed by atoms with Crippen LogP contribution in [0.5, 0.6) is 0 Å². The van der Waals surface area contributed by atoms with Crippen molar-refractivity contribution in [1.82, 2.24) is 25.8 Å². The summed E-state index contributed by atoms with van der Waals surface area (Å²) in [6.07, 6.45) is 6.53. The highest BCUT2D eigenvalue weighted by Gasteiger charge is 2.42. The lowest BCUT2D eigenvalue weighted by molar-refractivity contribution is -0.117. The number of H-pyrrole nitrogens is 1. The molecule has 2 fully saturated rings. The zero-order valence-corrected chi connectivity index (χ0v) is 13.4. The van der Waals surface area contributed by atoms with Crippen molar-refractivity contribution in [2.75, 3.05) is 5.75 Å². The molecule has 22 heavy (non-hydrogen) atoms. The zero-order chi connectivity index (χ0) is 15.5. The van der Waals surface area contributed by atoms with Crippen molar-refractivity contribution in [3.8, 4) is 0 Å². The van der Waals surface area contributed by atoms with E-state index in [-0.39, 0.29) is 17.7 Å². The van der Waals surface area contributed by atoms with E-state index in [1.165, 1.54) is 43.8 Å². The highest BCUT2D eigenvalue weighted by atomic mass is 32.2. The van der Waals surface area contributed by atoms with Crippen molar-refractivity contribution in [2.24, 2.45) is 17.8 Å². The minimum absolute atomic E-state index is 0.116. The quantitative estimate of drug-likeness (QED) is 0.714. The first kappa shape index (κ1) is 15.3. The molecule has 0 aromatic carbocycles. The molecule has 3 rings (SSSR count). The maximum atomic E-state index is 11.9. The second-order valence-corrected chi connectivity index (χ2v) is 7.19. The third kappa shape index (κ3) is 3.60. The van der Waals surface area contributed by atoms with Crippen LogP contribution in [0.1, 0.15) is 32.6 Å². The lowest BCUT2D eigenvalue weighted by atomic mass is 9.84. The molecule has 2 bridgehead atoms. The molecule has 120 valence electrons. The van der Waals surface area contributed by atoms with Crippen LogP contribution in [0.4, 0.5) is 4.79 Å². The zero-order valence-electron chi connectivity index (χ0n) is 12.5. The number of thioether (sulfide) groups is 1. The Morgan fingerprint density at radius 3 is 2.95 bits per heavy atom. The van der Waals surface area contributed by atoms with Gasteiger partial charge in [0.1, 0.15) is 6.33 Å². The topological polar surface area (TPSA) is 99.8 Å². The maximum absolute atomic E-state index is 11.9. The molecule has 1 aromatic rings. The molecule has 2 saturated carbocycles. The number of rotatable bonds is 5. The number of aromatic nitrogens is 3. The van der Waals surface area contributed by atoms with E-state index in [9.17, 15) is 9.59 Å². The van der Waals surface area contributed by atoms with Gasteiger partial charge >= 0.3 is 6.03 Å². The Hall–Kier alpha value is -1.57. The van der Waals surface area contributed by atoms with Crippen molar-refractivity contribution in [2.45, 2.75) is 43.8 Å². The number of amides is 3. The minimum Gasteiger partial charge on any atom is -0.335 e. The molecule has 8 heteroatoms. The van der Waals surface area contributed by atoms with E-state index in [0.29, 0.717) is 11.1 Å². The van der Waals surface area contributed by atoms with E-state index >= 15 is 0 Å². The normalized spacial score (nSPS) is 27.6. The molecule has 2 aliphatic carbocycles. The predicted octanol–water partition coefficient (Wildman–Crippen LogP) is 1.55. The third-order valence-corrected chi connectivity index (χ3v) is 5.66. The molecule has 3 N–H and O–H groups in total. The van der Waals surface area contributed by atoms with Gasteiger partial charge in [-0.05, 0) is 43.9 Å². The third-order valence-electron chi connectivity index (χ3n) is 4.78. The number of urea groups is 1. The van der Waals surface area contributed by atoms with Crippen LogP contribution in [0.25, 0.3) is 0 Å². The lowest BCUT2D eigenvalue weighted by Crippen LogP contribution is -2.47. The number of carbonyl (C=O) groups is 2. The molecule has 0 radical (unpaired) electrons. The van der Waals surface area contributed by atoms with Crippen LogP contribution in [-0.4, -0.2) is 38.9 Å². The smallest absolute Gasteiger partial charge is 0.321 e. The molecular formula is C14H21N5O2S. The molecule has 0 spiro atoms. The number of nitrogens with one attached hydrogen (secondary N) is 3. The van der Waals surface area contributed by atoms with Gasteiger partial charge in [0.15, 0.2) is 5.16 Å². The van der Waals surface area contributed by atoms with E-state index in [0.717, 1.165) is 11.8 Å². The van der Waals surface area contributed by atoms with Crippen LogP contribution in [0, 0.1) is 17.8 Å². The fourth-order valence-corrected chi connectivity index (χ4v) is 4.40. The first-order valence-electron chi connectivity index (χ1n) is 7.70. The Bertz CT molecular complexity index is 535. The van der Waals surface area contributed by atoms with Gasteiger partial charge in [-0.15, -0.1) is 0 Å². The summed E-state index contributed by atoms with van der Waals surface area (Å²) in [5, 5.41) is 12.2. The average Bonchev–Trinajstić information content (AvgIpc) is 3.22. The summed E-state index contributed by atoms with van der Waals surface area (Å²) in [5.41, 5.74) is 0. The standard InChI is InChI=1S/C14H21N5O2S/c1-8(11-5-9-2-3-10(11)4-9)17-13(21)18-12(20)6-22-14-15-7-16-19-14/h7-11H,2-6H2,1H3,(H,15,16,19)(H2,17,18,20,21). The number of imide groups is 1. The van der Waals surface area contributed by atoms with Crippen LogP contribution in [-0.2, 0) is 4.79 Å². The van der Waals surface area contributed by atoms with Crippen LogP contribution in [0.2, 0.25) is 0 Å². The van der Waals surface area contributed by atoms with Crippen LogP contribution >= 0.6 is 11.8 Å². The van der Waals surface area contributed by atoms with Crippen molar-refractivity contribution in [1.29, 1.82) is 0 Å². The van der Waals surface area contributed by atoms with Crippen molar-refractivity contribution < 1.29 is 9.59 Å². The Morgan fingerprint density at radius 2 is 2.32 bits per heavy atom. The average molecular weight is 323 g/mol. The van der Waals surface area contributed by atoms with Crippen molar-refractivity contribution >= 4 is 23.7 Å². The van der Waals surface area contributed by atoms with E-state index in [4.69, 9.17) is 0 Å². The predicted molar refractivity (Wildman–Crippen MR) is 82.2 cm³/mol. The van der Waals surface area contributed by atoms with Gasteiger partial charge in [0, 0.05) is 6.04 Å². The molecule has 1 heterocycles. The van der Waals surface area contributed by atoms with Gasteiger partial charge in [-0.3, -0.25) is 15.2 Å². The van der Waals surface area contributed by atoms with Gasteiger partial charge in [-0.2, -0.15) is 5.10 Å². The summed E-state index contributed by atoms with van der Waals surface area (Å²) in [6, 6.07) is -0.288. The molecule has 2 aliphatic rings. The summed E-state index contributed by atoms with van der Waals surface area (Å²) >= 11 is 1.21. The Balaban J connectivity index is 1.39. The van der Waals surface area contributed by atoms with Crippen LogP contribution in [0.3, 0.4) is 0 Å². The SMILES string of the molecule is CC(NC(=O)NC(=O)CSc1ncn[nH]1)C1CC2CCC1C2. The minimum atomic E-state index is -0.404. The van der Waals surface area contributed by atoms with Gasteiger partial charge in [0.2, 0.25) is 5.91 Å². The molecule has 4 unspecified atom stereocenters. The summed E-state index contributed by atoms with van der Waals surface area (Å²) in [6.45, 7) is 2.04. The van der Waals surface area contributed by atoms with Crippen LogP contribution in [0.15, 0.2) is 11.5 Å². The largest absolute Gasteiger partial charge is 0.335 e. The first-order valence-corrected chi connectivity index (χ1v) is 8.69. The fraction of sp³-hybridized carbons (Fsp3) is 0.714. The number of carbonyl (C=O) groups excluding carboxylic acids is 2. The fourth-order valence-electron chi connectivity index (χ4n) is 3.82. The molecule has 3 amide bonds. The highest BCUT2D eigenvalue weighted by Crippen LogP contribution is 2.49. The summed E-state index contributed by atoms with van der Waals surface area (Å²) in [5.74, 6) is 1.95. The molecule has 1 aromatic heterocycles. The van der Waals surface area contributed by atoms with Gasteiger partial charge < -0.3 is 5.32 Å². The van der Waals surface area contributed by atoms with Gasteiger partial charge in [-0.1, -0.05) is 18.2 Å². The first-order chi connectivity index (χ1) is 10.6. The van der Waals surface area contributed by atoms with Gasteiger partial charge in [-0.25, -0.2) is 9.78 Å². The monoisotopic (exact) mass is 323 g/mol. The second-order valence-electron chi connectivity index (χ2n) is 6.23. The lowest BCUT2D eigenvalue weighted by Gasteiger charge is -2.28. The number of nitrogens with zero attached hydrogens (tertiary/aromatic N) is 2. The summed E-state index contributed by atoms with van der Waals surface area (Å²) < 4.78 is 0. The molecule has 4 atom stereocenters. The molecule has 7 nitrogen and oxygen atoms in total. The maximum Gasteiger partial charge on any atom is 0.321 e. The number of aromatic amines is 1.